The summed E-state index contributed by atoms with van der Waals surface area (Å²) in [5, 5.41) is 0. The molecule has 0 heterocycles. The van der Waals surface area contributed by atoms with E-state index in [4.69, 9.17) is 0 Å². The van der Waals surface area contributed by atoms with E-state index in [-0.39, 0.29) is 30.5 Å². The summed E-state index contributed by atoms with van der Waals surface area (Å²) in [7, 11) is 0. The van der Waals surface area contributed by atoms with Gasteiger partial charge in [-0.1, -0.05) is 36.8 Å². The van der Waals surface area contributed by atoms with Crippen molar-refractivity contribution in [1.82, 2.24) is 0 Å². The van der Waals surface area contributed by atoms with Gasteiger partial charge in [0.05, 0.1) is 0 Å². The molecule has 13 heavy (non-hydrogen) atoms. The van der Waals surface area contributed by atoms with Crippen LogP contribution in [0, 0.1) is 6.92 Å². The molecule has 0 aliphatic heterocycles. The molecule has 0 aliphatic carbocycles. The molecular weight excluding hydrogens is 209 g/mol. The molecule has 1 radical (unpaired) electrons. The predicted octanol–water partition coefficient (Wildman–Crippen LogP) is 3.49. The van der Waals surface area contributed by atoms with Crippen LogP contribution in [0.1, 0.15) is 24.5 Å². The summed E-state index contributed by atoms with van der Waals surface area (Å²) in [4.78, 5) is 0. The summed E-state index contributed by atoms with van der Waals surface area (Å²) in [6.45, 7) is 3.30. The zero-order valence-electron chi connectivity index (χ0n) is 7.72. The zero-order chi connectivity index (χ0) is 9.19. The Kier molecular flexibility index (Phi) is 4.65. The molecule has 0 aromatic heterocycles. The summed E-state index contributed by atoms with van der Waals surface area (Å²) in [6, 6.07) is 6.48. The molecule has 3 heteroatoms. The third-order valence-corrected chi connectivity index (χ3v) is 1.88. The molecule has 0 saturated heterocycles. The van der Waals surface area contributed by atoms with E-state index in [1.165, 1.54) is 19.1 Å². The summed E-state index contributed by atoms with van der Waals surface area (Å²) < 4.78 is 26.1. The monoisotopic (exact) mass is 221 g/mol. The van der Waals surface area contributed by atoms with E-state index in [1.54, 1.807) is 6.07 Å². The smallest absolute Gasteiger partial charge is 0.201 e. The minimum Gasteiger partial charge on any atom is -0.201 e. The van der Waals surface area contributed by atoms with Crippen molar-refractivity contribution in [2.24, 2.45) is 0 Å². The molecule has 0 atom stereocenters. The van der Waals surface area contributed by atoms with E-state index in [9.17, 15) is 8.78 Å². The Bertz CT molecular complexity index is 271. The quantitative estimate of drug-likeness (QED) is 0.717. The van der Waals surface area contributed by atoms with Crippen LogP contribution in [0.15, 0.2) is 24.3 Å². The molecule has 1 rings (SSSR count). The number of aryl methyl sites for hydroxylation is 1. The minimum absolute atomic E-state index is 0. The van der Waals surface area contributed by atoms with Crippen LogP contribution in [0.3, 0.4) is 0 Å². The third kappa shape index (κ3) is 3.13. The van der Waals surface area contributed by atoms with Gasteiger partial charge in [0.1, 0.15) is 0 Å². The van der Waals surface area contributed by atoms with Crippen molar-refractivity contribution in [2.75, 3.05) is 0 Å². The Labute approximate surface area is 89.2 Å². The fourth-order valence-corrected chi connectivity index (χ4v) is 1.08. The molecule has 1 aromatic rings. The molecule has 0 amide bonds. The van der Waals surface area contributed by atoms with Gasteiger partial charge in [-0.15, -0.1) is 0 Å². The largest absolute Gasteiger partial charge is 0.273 e. The average Bonchev–Trinajstić information content (AvgIpc) is 2.05. The Balaban J connectivity index is 0.00000144. The maximum atomic E-state index is 13.1. The summed E-state index contributed by atoms with van der Waals surface area (Å²) in [5.41, 5.74) is 0.991. The van der Waals surface area contributed by atoms with Crippen LogP contribution in [-0.2, 0) is 24.5 Å². The molecule has 0 spiro atoms. The van der Waals surface area contributed by atoms with Crippen molar-refractivity contribution in [3.63, 3.8) is 0 Å². The molecule has 71 valence electrons. The third-order valence-electron chi connectivity index (χ3n) is 1.88. The Morgan fingerprint density at radius 3 is 2.38 bits per heavy atom. The second-order valence-electron chi connectivity index (χ2n) is 2.93. The van der Waals surface area contributed by atoms with Gasteiger partial charge in [-0.05, 0) is 6.92 Å². The Morgan fingerprint density at radius 1 is 1.31 bits per heavy atom. The van der Waals surface area contributed by atoms with Gasteiger partial charge in [-0.2, -0.15) is 0 Å². The van der Waals surface area contributed by atoms with Crippen molar-refractivity contribution in [2.45, 2.75) is 26.2 Å². The van der Waals surface area contributed by atoms with Gasteiger partial charge >= 0.3 is 0 Å². The summed E-state index contributed by atoms with van der Waals surface area (Å²) >= 11 is 0. The number of hydrogen-bond acceptors (Lipinski definition) is 0. The zero-order valence-corrected chi connectivity index (χ0v) is 9.12. The second kappa shape index (κ2) is 4.78. The van der Waals surface area contributed by atoms with Gasteiger partial charge in [0.15, 0.2) is 0 Å². The Hall–Kier alpha value is -0.336. The van der Waals surface area contributed by atoms with Crippen molar-refractivity contribution < 1.29 is 27.3 Å². The van der Waals surface area contributed by atoms with E-state index in [0.29, 0.717) is 0 Å². The van der Waals surface area contributed by atoms with Gasteiger partial charge < -0.3 is 0 Å². The van der Waals surface area contributed by atoms with Crippen LogP contribution in [0.4, 0.5) is 8.78 Å². The van der Waals surface area contributed by atoms with Crippen LogP contribution >= 0.6 is 0 Å². The van der Waals surface area contributed by atoms with Crippen molar-refractivity contribution in [3.8, 4) is 0 Å². The van der Waals surface area contributed by atoms with Crippen molar-refractivity contribution in [1.29, 1.82) is 0 Å². The van der Waals surface area contributed by atoms with Crippen LogP contribution in [0.5, 0.6) is 0 Å². The minimum atomic E-state index is -2.67. The molecule has 0 N–H and O–H groups in total. The maximum Gasteiger partial charge on any atom is 0.273 e. The normalized spacial score (nSPS) is 10.8. The first kappa shape index (κ1) is 12.7. The molecule has 1 aromatic carbocycles. The second-order valence-corrected chi connectivity index (χ2v) is 2.93. The van der Waals surface area contributed by atoms with Crippen molar-refractivity contribution >= 4 is 0 Å². The summed E-state index contributed by atoms with van der Waals surface area (Å²) in [5.74, 6) is -2.67. The molecular formula is C10H12F2V. The molecule has 0 fully saturated rings. The van der Waals surface area contributed by atoms with E-state index in [2.05, 4.69) is 0 Å². The number of rotatable bonds is 2. The van der Waals surface area contributed by atoms with Gasteiger partial charge in [-0.3, -0.25) is 0 Å². The summed E-state index contributed by atoms with van der Waals surface area (Å²) in [6.07, 6.45) is -0.142. The van der Waals surface area contributed by atoms with Gasteiger partial charge in [0.2, 0.25) is 0 Å². The van der Waals surface area contributed by atoms with Crippen LogP contribution in [0.2, 0.25) is 0 Å². The predicted molar refractivity (Wildman–Crippen MR) is 45.4 cm³/mol. The average molecular weight is 221 g/mol. The molecule has 0 nitrogen and oxygen atoms in total. The van der Waals surface area contributed by atoms with Crippen molar-refractivity contribution in [3.05, 3.63) is 35.4 Å². The van der Waals surface area contributed by atoms with Crippen LogP contribution in [0.25, 0.3) is 0 Å². The van der Waals surface area contributed by atoms with Crippen LogP contribution < -0.4 is 0 Å². The fourth-order valence-electron chi connectivity index (χ4n) is 1.08. The standard InChI is InChI=1S/C10H12F2.V/c1-3-10(11,12)9-6-4-5-8(2)7-9;/h4-7H,3H2,1-2H3;. The van der Waals surface area contributed by atoms with E-state index < -0.39 is 5.92 Å². The number of alkyl halides is 2. The SMILES string of the molecule is CCC(F)(F)c1cccc(C)c1.[V]. The molecule has 0 bridgehead atoms. The molecule has 0 aliphatic rings. The van der Waals surface area contributed by atoms with E-state index >= 15 is 0 Å². The first-order valence-corrected chi connectivity index (χ1v) is 4.01. The Morgan fingerprint density at radius 2 is 1.92 bits per heavy atom. The van der Waals surface area contributed by atoms with E-state index in [1.807, 2.05) is 13.0 Å². The fraction of sp³-hybridized carbons (Fsp3) is 0.400. The number of halogens is 2. The van der Waals surface area contributed by atoms with Crippen LogP contribution in [-0.4, -0.2) is 0 Å². The van der Waals surface area contributed by atoms with E-state index in [0.717, 1.165) is 5.56 Å². The maximum absolute atomic E-state index is 13.1. The van der Waals surface area contributed by atoms with Gasteiger partial charge in [0.25, 0.3) is 5.92 Å². The number of benzene rings is 1. The molecule has 0 unspecified atom stereocenters. The van der Waals surface area contributed by atoms with Gasteiger partial charge in [0, 0.05) is 30.5 Å². The number of hydrogen-bond donors (Lipinski definition) is 0. The van der Waals surface area contributed by atoms with Gasteiger partial charge in [-0.25, -0.2) is 8.78 Å². The first-order valence-electron chi connectivity index (χ1n) is 4.01. The molecule has 0 saturated carbocycles. The first-order chi connectivity index (χ1) is 5.56. The topological polar surface area (TPSA) is 0 Å².